The number of carbonyl (C=O) groups is 1. The first-order chi connectivity index (χ1) is 14.7. The number of nitrogens with one attached hydrogen (secondary N) is 1. The first-order valence-electron chi connectivity index (χ1n) is 9.85. The molecular formula is C23H22ClN3O3. The topological polar surface area (TPSA) is 69.3 Å². The van der Waals surface area contributed by atoms with E-state index in [1.807, 2.05) is 42.5 Å². The molecule has 2 aromatic carbocycles. The number of fused-ring (bicyclic) bond motifs is 1. The van der Waals surface area contributed by atoms with E-state index in [1.165, 1.54) is 6.26 Å². The fraction of sp³-hybridized carbons (Fsp3) is 0.217. The van der Waals surface area contributed by atoms with Gasteiger partial charge >= 0.3 is 0 Å². The zero-order valence-electron chi connectivity index (χ0n) is 16.4. The summed E-state index contributed by atoms with van der Waals surface area (Å²) in [6.45, 7) is 1.67. The van der Waals surface area contributed by atoms with Crippen LogP contribution in [0.3, 0.4) is 0 Å². The number of nitrogens with zero attached hydrogens (tertiary/aromatic N) is 2. The number of amides is 1. The number of hydrogen-bond acceptors (Lipinski definition) is 4. The summed E-state index contributed by atoms with van der Waals surface area (Å²) >= 11 is 6.17. The van der Waals surface area contributed by atoms with Crippen LogP contribution >= 0.6 is 11.6 Å². The number of ether oxygens (including phenoxy) is 1. The molecule has 0 atom stereocenters. The van der Waals surface area contributed by atoms with Gasteiger partial charge in [0.1, 0.15) is 18.2 Å². The van der Waals surface area contributed by atoms with Gasteiger partial charge in [-0.25, -0.2) is 4.98 Å². The monoisotopic (exact) mass is 423 g/mol. The zero-order chi connectivity index (χ0) is 20.8. The summed E-state index contributed by atoms with van der Waals surface area (Å²) in [5.74, 6) is 1.75. The van der Waals surface area contributed by atoms with Crippen LogP contribution in [0.4, 0.5) is 0 Å². The Kier molecular flexibility index (Phi) is 6.35. The molecule has 0 aliphatic heterocycles. The number of para-hydroxylation sites is 3. The standard InChI is InChI=1S/C23H22ClN3O3/c24-17-7-1-4-10-20(17)30-16-14-27-19-9-3-2-8-18(19)26-22(27)12-5-13-25-23(28)21-11-6-15-29-21/h1-4,6-11,15H,5,12-14,16H2,(H,25,28). The van der Waals surface area contributed by atoms with Gasteiger partial charge in [0, 0.05) is 13.0 Å². The van der Waals surface area contributed by atoms with Crippen molar-refractivity contribution < 1.29 is 13.9 Å². The van der Waals surface area contributed by atoms with Crippen LogP contribution in [0.2, 0.25) is 5.02 Å². The van der Waals surface area contributed by atoms with Crippen molar-refractivity contribution in [2.75, 3.05) is 13.2 Å². The van der Waals surface area contributed by atoms with E-state index in [9.17, 15) is 4.79 Å². The zero-order valence-corrected chi connectivity index (χ0v) is 17.1. The van der Waals surface area contributed by atoms with E-state index < -0.39 is 0 Å². The summed E-state index contributed by atoms with van der Waals surface area (Å²) in [6.07, 6.45) is 2.99. The normalized spacial score (nSPS) is 11.0. The summed E-state index contributed by atoms with van der Waals surface area (Å²) in [5, 5.41) is 3.47. The van der Waals surface area contributed by atoms with E-state index >= 15 is 0 Å². The third-order valence-corrected chi connectivity index (χ3v) is 5.06. The van der Waals surface area contributed by atoms with E-state index in [-0.39, 0.29) is 5.91 Å². The number of furan rings is 1. The minimum Gasteiger partial charge on any atom is -0.490 e. The highest BCUT2D eigenvalue weighted by atomic mass is 35.5. The van der Waals surface area contributed by atoms with Crippen molar-refractivity contribution >= 4 is 28.5 Å². The maximum atomic E-state index is 12.0. The molecule has 0 radical (unpaired) electrons. The van der Waals surface area contributed by atoms with Gasteiger partial charge in [0.05, 0.1) is 28.9 Å². The van der Waals surface area contributed by atoms with Crippen LogP contribution < -0.4 is 10.1 Å². The molecule has 0 spiro atoms. The van der Waals surface area contributed by atoms with E-state index in [0.29, 0.717) is 36.2 Å². The second-order valence-electron chi connectivity index (χ2n) is 6.78. The Morgan fingerprint density at radius 1 is 1.10 bits per heavy atom. The quantitative estimate of drug-likeness (QED) is 0.395. The first-order valence-corrected chi connectivity index (χ1v) is 10.2. The van der Waals surface area contributed by atoms with Gasteiger partial charge in [-0.2, -0.15) is 0 Å². The molecule has 0 unspecified atom stereocenters. The maximum Gasteiger partial charge on any atom is 0.286 e. The Bertz CT molecular complexity index is 1120. The van der Waals surface area contributed by atoms with Crippen LogP contribution in [0.25, 0.3) is 11.0 Å². The highest BCUT2D eigenvalue weighted by Crippen LogP contribution is 2.23. The van der Waals surface area contributed by atoms with Gasteiger partial charge in [-0.05, 0) is 42.8 Å². The van der Waals surface area contributed by atoms with Crippen LogP contribution in [0.1, 0.15) is 22.8 Å². The third kappa shape index (κ3) is 4.66. The summed E-state index contributed by atoms with van der Waals surface area (Å²) in [5.41, 5.74) is 2.01. The van der Waals surface area contributed by atoms with Crippen molar-refractivity contribution in [1.82, 2.24) is 14.9 Å². The van der Waals surface area contributed by atoms with Crippen LogP contribution in [-0.4, -0.2) is 28.6 Å². The summed E-state index contributed by atoms with van der Waals surface area (Å²) < 4.78 is 13.1. The van der Waals surface area contributed by atoms with Crippen molar-refractivity contribution in [3.05, 3.63) is 83.5 Å². The van der Waals surface area contributed by atoms with Gasteiger partial charge in [0.25, 0.3) is 5.91 Å². The van der Waals surface area contributed by atoms with Crippen molar-refractivity contribution in [2.45, 2.75) is 19.4 Å². The maximum absolute atomic E-state index is 12.0. The van der Waals surface area contributed by atoms with E-state index in [0.717, 1.165) is 29.7 Å². The Balaban J connectivity index is 1.38. The number of aromatic nitrogens is 2. The predicted octanol–water partition coefficient (Wildman–Crippen LogP) is 4.72. The number of carbonyl (C=O) groups excluding carboxylic acids is 1. The van der Waals surface area contributed by atoms with Crippen molar-refractivity contribution in [3.8, 4) is 5.75 Å². The molecule has 4 rings (SSSR count). The molecule has 0 saturated carbocycles. The van der Waals surface area contributed by atoms with Crippen LogP contribution in [0.15, 0.2) is 71.3 Å². The SMILES string of the molecule is O=C(NCCCc1nc2ccccc2n1CCOc1ccccc1Cl)c1ccco1. The summed E-state index contributed by atoms with van der Waals surface area (Å²) in [6, 6.07) is 18.8. The van der Waals surface area contributed by atoms with Crippen LogP contribution in [0, 0.1) is 0 Å². The van der Waals surface area contributed by atoms with E-state index in [4.69, 9.17) is 25.7 Å². The molecule has 2 aromatic heterocycles. The number of hydrogen-bond donors (Lipinski definition) is 1. The molecule has 4 aromatic rings. The predicted molar refractivity (Wildman–Crippen MR) is 116 cm³/mol. The Hall–Kier alpha value is -3.25. The van der Waals surface area contributed by atoms with Crippen LogP contribution in [0.5, 0.6) is 5.75 Å². The molecule has 0 saturated heterocycles. The molecule has 154 valence electrons. The lowest BCUT2D eigenvalue weighted by Crippen LogP contribution is -2.24. The fourth-order valence-corrected chi connectivity index (χ4v) is 3.51. The second-order valence-corrected chi connectivity index (χ2v) is 7.19. The summed E-state index contributed by atoms with van der Waals surface area (Å²) in [7, 11) is 0. The third-order valence-electron chi connectivity index (χ3n) is 4.75. The first kappa shape index (κ1) is 20.0. The van der Waals surface area contributed by atoms with Gasteiger partial charge in [0.2, 0.25) is 0 Å². The molecule has 0 aliphatic rings. The van der Waals surface area contributed by atoms with E-state index in [1.54, 1.807) is 12.1 Å². The molecule has 0 aliphatic carbocycles. The molecule has 6 nitrogen and oxygen atoms in total. The highest BCUT2D eigenvalue weighted by molar-refractivity contribution is 6.32. The average Bonchev–Trinajstić information content (AvgIpc) is 3.41. The largest absolute Gasteiger partial charge is 0.490 e. The van der Waals surface area contributed by atoms with Gasteiger partial charge in [-0.3, -0.25) is 4.79 Å². The highest BCUT2D eigenvalue weighted by Gasteiger charge is 2.12. The molecule has 1 amide bonds. The van der Waals surface area contributed by atoms with E-state index in [2.05, 4.69) is 16.0 Å². The molecule has 1 N–H and O–H groups in total. The molecule has 7 heteroatoms. The van der Waals surface area contributed by atoms with Crippen molar-refractivity contribution in [1.29, 1.82) is 0 Å². The van der Waals surface area contributed by atoms with Gasteiger partial charge in [0.15, 0.2) is 5.76 Å². The fourth-order valence-electron chi connectivity index (χ4n) is 3.32. The smallest absolute Gasteiger partial charge is 0.286 e. The van der Waals surface area contributed by atoms with Crippen molar-refractivity contribution in [3.63, 3.8) is 0 Å². The average molecular weight is 424 g/mol. The second kappa shape index (κ2) is 9.50. The minimum atomic E-state index is -0.207. The number of benzene rings is 2. The van der Waals surface area contributed by atoms with Gasteiger partial charge in [-0.15, -0.1) is 0 Å². The van der Waals surface area contributed by atoms with Crippen LogP contribution in [-0.2, 0) is 13.0 Å². The Labute approximate surface area is 179 Å². The summed E-state index contributed by atoms with van der Waals surface area (Å²) in [4.78, 5) is 16.7. The lowest BCUT2D eigenvalue weighted by Gasteiger charge is -2.12. The molecule has 30 heavy (non-hydrogen) atoms. The lowest BCUT2D eigenvalue weighted by atomic mass is 10.3. The number of aryl methyl sites for hydroxylation is 1. The lowest BCUT2D eigenvalue weighted by molar-refractivity contribution is 0.0925. The number of rotatable bonds is 9. The molecule has 0 bridgehead atoms. The molecular weight excluding hydrogens is 402 g/mol. The minimum absolute atomic E-state index is 0.207. The molecule has 2 heterocycles. The number of imidazole rings is 1. The van der Waals surface area contributed by atoms with Gasteiger partial charge < -0.3 is 19.0 Å². The Morgan fingerprint density at radius 2 is 1.93 bits per heavy atom. The molecule has 0 fully saturated rings. The van der Waals surface area contributed by atoms with Crippen molar-refractivity contribution in [2.24, 2.45) is 0 Å². The Morgan fingerprint density at radius 3 is 2.77 bits per heavy atom. The van der Waals surface area contributed by atoms with Gasteiger partial charge in [-0.1, -0.05) is 35.9 Å². The number of halogens is 1.